The monoisotopic (exact) mass is 314 g/mol. The summed E-state index contributed by atoms with van der Waals surface area (Å²) in [5.41, 5.74) is 5.55. The van der Waals surface area contributed by atoms with E-state index in [1.807, 2.05) is 0 Å². The number of rotatable bonds is 7. The van der Waals surface area contributed by atoms with Crippen molar-refractivity contribution in [2.75, 3.05) is 5.73 Å². The maximum absolute atomic E-state index is 12.3. The van der Waals surface area contributed by atoms with E-state index >= 15 is 0 Å². The molecule has 2 unspecified atom stereocenters. The Morgan fingerprint density at radius 3 is 2.48 bits per heavy atom. The van der Waals surface area contributed by atoms with Gasteiger partial charge in [-0.3, -0.25) is 0 Å². The van der Waals surface area contributed by atoms with Crippen molar-refractivity contribution >= 4 is 21.7 Å². The Hall–Kier alpha value is -1.60. The number of hydrogen-bond donors (Lipinski definition) is 3. The van der Waals surface area contributed by atoms with Crippen LogP contribution < -0.4 is 10.5 Å². The Morgan fingerprint density at radius 1 is 1.38 bits per heavy atom. The van der Waals surface area contributed by atoms with Gasteiger partial charge in [-0.15, -0.1) is 0 Å². The van der Waals surface area contributed by atoms with Crippen LogP contribution in [0.25, 0.3) is 0 Å². The lowest BCUT2D eigenvalue weighted by Crippen LogP contribution is -2.34. The molecule has 0 amide bonds. The average Bonchev–Trinajstić information content (AvgIpc) is 2.36. The molecule has 0 aliphatic rings. The summed E-state index contributed by atoms with van der Waals surface area (Å²) in [6.45, 7) is 5.90. The fourth-order valence-electron chi connectivity index (χ4n) is 2.07. The van der Waals surface area contributed by atoms with Crippen LogP contribution in [0, 0.1) is 5.92 Å². The predicted octanol–water partition coefficient (Wildman–Crippen LogP) is 2.07. The van der Waals surface area contributed by atoms with Gasteiger partial charge < -0.3 is 10.8 Å². The summed E-state index contributed by atoms with van der Waals surface area (Å²) >= 11 is 0. The number of carbonyl (C=O) groups is 1. The zero-order valence-corrected chi connectivity index (χ0v) is 13.3. The highest BCUT2D eigenvalue weighted by atomic mass is 32.2. The van der Waals surface area contributed by atoms with Crippen molar-refractivity contribution in [2.24, 2.45) is 5.92 Å². The van der Waals surface area contributed by atoms with Gasteiger partial charge in [-0.25, -0.2) is 17.9 Å². The lowest BCUT2D eigenvalue weighted by atomic mass is 10.0. The van der Waals surface area contributed by atoms with Gasteiger partial charge in [0.05, 0.1) is 11.3 Å². The molecule has 2 atom stereocenters. The first-order valence-electron chi connectivity index (χ1n) is 6.82. The van der Waals surface area contributed by atoms with Crippen LogP contribution in [0.3, 0.4) is 0 Å². The lowest BCUT2D eigenvalue weighted by Gasteiger charge is -2.18. The molecule has 0 aliphatic carbocycles. The molecule has 0 aliphatic heterocycles. The Kier molecular flexibility index (Phi) is 5.74. The van der Waals surface area contributed by atoms with Crippen molar-refractivity contribution in [1.29, 1.82) is 0 Å². The van der Waals surface area contributed by atoms with E-state index in [-0.39, 0.29) is 22.2 Å². The third kappa shape index (κ3) is 4.71. The first kappa shape index (κ1) is 17.5. The zero-order chi connectivity index (χ0) is 16.2. The average molecular weight is 314 g/mol. The van der Waals surface area contributed by atoms with E-state index in [2.05, 4.69) is 18.6 Å². The minimum absolute atomic E-state index is 0.0425. The van der Waals surface area contributed by atoms with Crippen LogP contribution in [0.4, 0.5) is 5.69 Å². The molecule has 0 bridgehead atoms. The number of carboxylic acid groups (broad SMARTS) is 1. The smallest absolute Gasteiger partial charge is 0.335 e. The number of anilines is 1. The summed E-state index contributed by atoms with van der Waals surface area (Å²) in [7, 11) is -3.75. The molecule has 0 spiro atoms. The SMILES string of the molecule is CCC(C)CC(C)NS(=O)(=O)c1ccc(C(=O)O)cc1N. The van der Waals surface area contributed by atoms with E-state index in [4.69, 9.17) is 10.8 Å². The number of sulfonamides is 1. The van der Waals surface area contributed by atoms with E-state index < -0.39 is 16.0 Å². The van der Waals surface area contributed by atoms with E-state index in [1.54, 1.807) is 6.92 Å². The maximum Gasteiger partial charge on any atom is 0.335 e. The number of benzene rings is 1. The van der Waals surface area contributed by atoms with E-state index in [9.17, 15) is 13.2 Å². The zero-order valence-electron chi connectivity index (χ0n) is 12.5. The normalized spacial score (nSPS) is 14.6. The Labute approximate surface area is 125 Å². The van der Waals surface area contributed by atoms with Gasteiger partial charge >= 0.3 is 5.97 Å². The molecule has 118 valence electrons. The largest absolute Gasteiger partial charge is 0.478 e. The maximum atomic E-state index is 12.3. The molecule has 7 heteroatoms. The molecule has 1 aromatic carbocycles. The van der Waals surface area contributed by atoms with E-state index in [1.165, 1.54) is 12.1 Å². The Morgan fingerprint density at radius 2 is 2.00 bits per heavy atom. The predicted molar refractivity (Wildman–Crippen MR) is 81.7 cm³/mol. The molecule has 0 saturated heterocycles. The van der Waals surface area contributed by atoms with Gasteiger partial charge in [0.15, 0.2) is 0 Å². The third-order valence-electron chi connectivity index (χ3n) is 3.36. The molecule has 1 aromatic rings. The fourth-order valence-corrected chi connectivity index (χ4v) is 3.44. The van der Waals surface area contributed by atoms with Crippen molar-refractivity contribution in [2.45, 2.75) is 44.6 Å². The number of nitrogen functional groups attached to an aromatic ring is 1. The number of carboxylic acids is 1. The van der Waals surface area contributed by atoms with Gasteiger partial charge in [0, 0.05) is 6.04 Å². The summed E-state index contributed by atoms with van der Waals surface area (Å²) in [6, 6.07) is 3.38. The van der Waals surface area contributed by atoms with Gasteiger partial charge in [0.25, 0.3) is 0 Å². The second-order valence-corrected chi connectivity index (χ2v) is 7.01. The van der Waals surface area contributed by atoms with Crippen LogP contribution in [0.5, 0.6) is 0 Å². The second kappa shape index (κ2) is 6.91. The van der Waals surface area contributed by atoms with E-state index in [0.29, 0.717) is 5.92 Å². The van der Waals surface area contributed by atoms with Crippen molar-refractivity contribution in [3.63, 3.8) is 0 Å². The van der Waals surface area contributed by atoms with Crippen LogP contribution >= 0.6 is 0 Å². The van der Waals surface area contributed by atoms with Crippen molar-refractivity contribution in [3.8, 4) is 0 Å². The summed E-state index contributed by atoms with van der Waals surface area (Å²) in [4.78, 5) is 10.7. The molecule has 0 fully saturated rings. The topological polar surface area (TPSA) is 109 Å². The standard InChI is InChI=1S/C14H22N2O4S/c1-4-9(2)7-10(3)16-21(19,20)13-6-5-11(14(17)18)8-12(13)15/h5-6,8-10,16H,4,7,15H2,1-3H3,(H,17,18). The molecule has 4 N–H and O–H groups in total. The third-order valence-corrected chi connectivity index (χ3v) is 5.02. The van der Waals surface area contributed by atoms with Gasteiger partial charge in [-0.1, -0.05) is 20.3 Å². The summed E-state index contributed by atoms with van der Waals surface area (Å²) < 4.78 is 27.1. The quantitative estimate of drug-likeness (QED) is 0.667. The highest BCUT2D eigenvalue weighted by Gasteiger charge is 2.21. The molecular formula is C14H22N2O4S. The second-order valence-electron chi connectivity index (χ2n) is 5.33. The minimum Gasteiger partial charge on any atom is -0.478 e. The first-order chi connectivity index (χ1) is 9.67. The lowest BCUT2D eigenvalue weighted by molar-refractivity contribution is 0.0697. The molecule has 21 heavy (non-hydrogen) atoms. The Balaban J connectivity index is 2.95. The van der Waals surface area contributed by atoms with Crippen LogP contribution in [-0.2, 0) is 10.0 Å². The molecular weight excluding hydrogens is 292 g/mol. The molecule has 0 aromatic heterocycles. The van der Waals surface area contributed by atoms with Crippen LogP contribution in [0.15, 0.2) is 23.1 Å². The van der Waals surface area contributed by atoms with Gasteiger partial charge in [-0.2, -0.15) is 0 Å². The number of nitrogens with one attached hydrogen (secondary N) is 1. The van der Waals surface area contributed by atoms with Gasteiger partial charge in [0.2, 0.25) is 10.0 Å². The number of hydrogen-bond acceptors (Lipinski definition) is 4. The molecule has 6 nitrogen and oxygen atoms in total. The summed E-state index contributed by atoms with van der Waals surface area (Å²) in [5.74, 6) is -0.738. The molecule has 0 radical (unpaired) electrons. The molecule has 1 rings (SSSR count). The molecule has 0 saturated carbocycles. The van der Waals surface area contributed by atoms with Crippen molar-refractivity contribution in [3.05, 3.63) is 23.8 Å². The van der Waals surface area contributed by atoms with Crippen LogP contribution in [-0.4, -0.2) is 25.5 Å². The van der Waals surface area contributed by atoms with Gasteiger partial charge in [-0.05, 0) is 37.5 Å². The Bertz CT molecular complexity index is 613. The number of aromatic carboxylic acids is 1. The summed E-state index contributed by atoms with van der Waals surface area (Å²) in [6.07, 6.45) is 1.70. The van der Waals surface area contributed by atoms with E-state index in [0.717, 1.165) is 18.9 Å². The van der Waals surface area contributed by atoms with Crippen molar-refractivity contribution < 1.29 is 18.3 Å². The minimum atomic E-state index is -3.75. The van der Waals surface area contributed by atoms with Crippen LogP contribution in [0.1, 0.15) is 44.0 Å². The molecule has 0 heterocycles. The van der Waals surface area contributed by atoms with Crippen LogP contribution in [0.2, 0.25) is 0 Å². The van der Waals surface area contributed by atoms with Gasteiger partial charge in [0.1, 0.15) is 4.90 Å². The summed E-state index contributed by atoms with van der Waals surface area (Å²) in [5, 5.41) is 8.85. The first-order valence-corrected chi connectivity index (χ1v) is 8.30. The fraction of sp³-hybridized carbons (Fsp3) is 0.500. The highest BCUT2D eigenvalue weighted by Crippen LogP contribution is 2.21. The highest BCUT2D eigenvalue weighted by molar-refractivity contribution is 7.89. The van der Waals surface area contributed by atoms with Crippen molar-refractivity contribution in [1.82, 2.24) is 4.72 Å². The number of nitrogens with two attached hydrogens (primary N) is 1.